The number of rotatable bonds is 3. The van der Waals surface area contributed by atoms with E-state index in [1.165, 1.54) is 0 Å². The van der Waals surface area contributed by atoms with Crippen LogP contribution in [0.3, 0.4) is 0 Å². The molecule has 0 N–H and O–H groups in total. The molecule has 7 heteroatoms. The normalized spacial score (nSPS) is 11.4. The van der Waals surface area contributed by atoms with Gasteiger partial charge in [0.15, 0.2) is 0 Å². The maximum absolute atomic E-state index is 12.7. The molecule has 0 radical (unpaired) electrons. The van der Waals surface area contributed by atoms with Gasteiger partial charge < -0.3 is 4.90 Å². The maximum Gasteiger partial charge on any atom is 0.416 e. The van der Waals surface area contributed by atoms with Crippen LogP contribution in [0.15, 0.2) is 36.7 Å². The quantitative estimate of drug-likeness (QED) is 0.808. The summed E-state index contributed by atoms with van der Waals surface area (Å²) < 4.78 is 38.2. The van der Waals surface area contributed by atoms with Crippen LogP contribution in [0.2, 0.25) is 5.15 Å². The highest BCUT2D eigenvalue weighted by molar-refractivity contribution is 6.29. The molecule has 0 bridgehead atoms. The SMILES string of the molecule is CN(Cc1cccnc1)c1cc(C(F)(F)F)cc(Cl)n1. The Morgan fingerprint density at radius 2 is 2.05 bits per heavy atom. The average Bonchev–Trinajstić information content (AvgIpc) is 2.38. The third kappa shape index (κ3) is 3.60. The molecule has 0 amide bonds. The van der Waals surface area contributed by atoms with Gasteiger partial charge in [-0.3, -0.25) is 4.98 Å². The number of aromatic nitrogens is 2. The zero-order valence-corrected chi connectivity index (χ0v) is 11.3. The highest BCUT2D eigenvalue weighted by atomic mass is 35.5. The van der Waals surface area contributed by atoms with Crippen LogP contribution in [0.5, 0.6) is 0 Å². The minimum atomic E-state index is -4.45. The monoisotopic (exact) mass is 301 g/mol. The Kier molecular flexibility index (Phi) is 4.13. The first kappa shape index (κ1) is 14.6. The third-order valence-corrected chi connectivity index (χ3v) is 2.84. The van der Waals surface area contributed by atoms with E-state index in [2.05, 4.69) is 9.97 Å². The van der Waals surface area contributed by atoms with E-state index in [4.69, 9.17) is 11.6 Å². The Morgan fingerprint density at radius 1 is 1.30 bits per heavy atom. The Morgan fingerprint density at radius 3 is 2.65 bits per heavy atom. The molecular weight excluding hydrogens is 291 g/mol. The van der Waals surface area contributed by atoms with Gasteiger partial charge in [0.2, 0.25) is 0 Å². The van der Waals surface area contributed by atoms with Crippen LogP contribution in [0.1, 0.15) is 11.1 Å². The smallest absolute Gasteiger partial charge is 0.355 e. The lowest BCUT2D eigenvalue weighted by molar-refractivity contribution is -0.137. The standard InChI is InChI=1S/C13H11ClF3N3/c1-20(8-9-3-2-4-18-7-9)12-6-10(13(15,16)17)5-11(14)19-12/h2-7H,8H2,1H3. The number of hydrogen-bond acceptors (Lipinski definition) is 3. The van der Waals surface area contributed by atoms with Gasteiger partial charge in [-0.25, -0.2) is 4.98 Å². The molecule has 0 aliphatic heterocycles. The fourth-order valence-corrected chi connectivity index (χ4v) is 1.89. The molecule has 0 unspecified atom stereocenters. The summed E-state index contributed by atoms with van der Waals surface area (Å²) in [5.74, 6) is 0.161. The van der Waals surface area contributed by atoms with Crippen LogP contribution in [0.25, 0.3) is 0 Å². The molecule has 3 nitrogen and oxygen atoms in total. The summed E-state index contributed by atoms with van der Waals surface area (Å²) in [6, 6.07) is 5.37. The second-order valence-electron chi connectivity index (χ2n) is 4.25. The molecule has 0 fully saturated rings. The Bertz CT molecular complexity index is 587. The molecule has 0 aliphatic rings. The van der Waals surface area contributed by atoms with Crippen LogP contribution in [0.4, 0.5) is 19.0 Å². The van der Waals surface area contributed by atoms with Crippen molar-refractivity contribution in [3.05, 3.63) is 52.9 Å². The van der Waals surface area contributed by atoms with Crippen molar-refractivity contribution in [1.29, 1.82) is 0 Å². The zero-order valence-electron chi connectivity index (χ0n) is 10.5. The number of alkyl halides is 3. The molecule has 0 spiro atoms. The lowest BCUT2D eigenvalue weighted by Crippen LogP contribution is -2.19. The Balaban J connectivity index is 2.26. The summed E-state index contributed by atoms with van der Waals surface area (Å²) in [6.07, 6.45) is -1.18. The molecule has 106 valence electrons. The molecule has 20 heavy (non-hydrogen) atoms. The first-order chi connectivity index (χ1) is 9.36. The molecule has 0 saturated heterocycles. The van der Waals surface area contributed by atoms with Crippen molar-refractivity contribution in [2.75, 3.05) is 11.9 Å². The summed E-state index contributed by atoms with van der Waals surface area (Å²) in [4.78, 5) is 9.45. The fourth-order valence-electron chi connectivity index (χ4n) is 1.69. The van der Waals surface area contributed by atoms with E-state index in [-0.39, 0.29) is 11.0 Å². The largest absolute Gasteiger partial charge is 0.416 e. The van der Waals surface area contributed by atoms with E-state index in [0.29, 0.717) is 6.54 Å². The molecule has 0 saturated carbocycles. The van der Waals surface area contributed by atoms with Crippen LogP contribution in [-0.2, 0) is 12.7 Å². The van der Waals surface area contributed by atoms with E-state index in [1.54, 1.807) is 30.4 Å². The minimum absolute atomic E-state index is 0.161. The van der Waals surface area contributed by atoms with Gasteiger partial charge in [0.05, 0.1) is 5.56 Å². The predicted octanol–water partition coefficient (Wildman–Crippen LogP) is 3.79. The van der Waals surface area contributed by atoms with E-state index in [9.17, 15) is 13.2 Å². The van der Waals surface area contributed by atoms with Gasteiger partial charge in [-0.15, -0.1) is 0 Å². The predicted molar refractivity (Wildman–Crippen MR) is 70.6 cm³/mol. The lowest BCUT2D eigenvalue weighted by Gasteiger charge is -2.19. The van der Waals surface area contributed by atoms with Crippen LogP contribution in [0, 0.1) is 0 Å². The van der Waals surface area contributed by atoms with Crippen molar-refractivity contribution >= 4 is 17.4 Å². The number of pyridine rings is 2. The molecule has 0 atom stereocenters. The van der Waals surface area contributed by atoms with Crippen molar-refractivity contribution in [3.63, 3.8) is 0 Å². The van der Waals surface area contributed by atoms with E-state index in [0.717, 1.165) is 17.7 Å². The average molecular weight is 302 g/mol. The number of anilines is 1. The van der Waals surface area contributed by atoms with Gasteiger partial charge in [-0.05, 0) is 23.8 Å². The van der Waals surface area contributed by atoms with Gasteiger partial charge >= 0.3 is 6.18 Å². The molecule has 2 heterocycles. The van der Waals surface area contributed by atoms with Crippen molar-refractivity contribution < 1.29 is 13.2 Å². The first-order valence-electron chi connectivity index (χ1n) is 5.71. The first-order valence-corrected chi connectivity index (χ1v) is 6.09. The summed E-state index contributed by atoms with van der Waals surface area (Å²) in [5, 5.41) is -0.187. The van der Waals surface area contributed by atoms with Crippen molar-refractivity contribution in [2.24, 2.45) is 0 Å². The molecule has 0 aromatic carbocycles. The number of nitrogens with zero attached hydrogens (tertiary/aromatic N) is 3. The summed E-state index contributed by atoms with van der Waals surface area (Å²) in [6.45, 7) is 0.387. The van der Waals surface area contributed by atoms with Crippen molar-refractivity contribution in [2.45, 2.75) is 12.7 Å². The fraction of sp³-hybridized carbons (Fsp3) is 0.231. The van der Waals surface area contributed by atoms with Gasteiger partial charge in [-0.1, -0.05) is 17.7 Å². The maximum atomic E-state index is 12.7. The van der Waals surface area contributed by atoms with Crippen LogP contribution in [-0.4, -0.2) is 17.0 Å². The zero-order chi connectivity index (χ0) is 14.8. The Hall–Kier alpha value is -1.82. The third-order valence-electron chi connectivity index (χ3n) is 2.64. The van der Waals surface area contributed by atoms with Crippen molar-refractivity contribution in [1.82, 2.24) is 9.97 Å². The summed E-state index contributed by atoms with van der Waals surface area (Å²) in [5.41, 5.74) is 0.0517. The second-order valence-corrected chi connectivity index (χ2v) is 4.64. The van der Waals surface area contributed by atoms with E-state index >= 15 is 0 Å². The number of hydrogen-bond donors (Lipinski definition) is 0. The van der Waals surface area contributed by atoms with E-state index < -0.39 is 11.7 Å². The van der Waals surface area contributed by atoms with Crippen molar-refractivity contribution in [3.8, 4) is 0 Å². The molecule has 0 aliphatic carbocycles. The van der Waals surface area contributed by atoms with Gasteiger partial charge in [0.25, 0.3) is 0 Å². The highest BCUT2D eigenvalue weighted by Gasteiger charge is 2.31. The van der Waals surface area contributed by atoms with E-state index in [1.807, 2.05) is 6.07 Å². The topological polar surface area (TPSA) is 29.0 Å². The minimum Gasteiger partial charge on any atom is -0.355 e. The number of halogens is 4. The van der Waals surface area contributed by atoms with Gasteiger partial charge in [0, 0.05) is 26.0 Å². The molecule has 2 rings (SSSR count). The highest BCUT2D eigenvalue weighted by Crippen LogP contribution is 2.32. The molecule has 2 aromatic rings. The molecule has 2 aromatic heterocycles. The molecular formula is C13H11ClF3N3. The van der Waals surface area contributed by atoms with Gasteiger partial charge in [-0.2, -0.15) is 13.2 Å². The second kappa shape index (κ2) is 5.66. The summed E-state index contributed by atoms with van der Waals surface area (Å²) >= 11 is 5.65. The van der Waals surface area contributed by atoms with Crippen LogP contribution < -0.4 is 4.90 Å². The summed E-state index contributed by atoms with van der Waals surface area (Å²) in [7, 11) is 1.64. The van der Waals surface area contributed by atoms with Crippen LogP contribution >= 0.6 is 11.6 Å². The Labute approximate surface area is 119 Å². The lowest BCUT2D eigenvalue weighted by atomic mass is 10.2. The van der Waals surface area contributed by atoms with Gasteiger partial charge in [0.1, 0.15) is 11.0 Å².